The average Bonchev–Trinajstić information content (AvgIpc) is 2.63. The number of hydrogen-bond acceptors (Lipinski definition) is 4. The highest BCUT2D eigenvalue weighted by atomic mass is 16.3. The maximum Gasteiger partial charge on any atom is 0.148 e. The van der Waals surface area contributed by atoms with Crippen LogP contribution >= 0.6 is 0 Å². The predicted molar refractivity (Wildman–Crippen MR) is 99.5 cm³/mol. The summed E-state index contributed by atoms with van der Waals surface area (Å²) in [5.74, 6) is 0.516. The van der Waals surface area contributed by atoms with Crippen LogP contribution in [0.5, 0.6) is 0 Å². The molecule has 0 spiro atoms. The summed E-state index contributed by atoms with van der Waals surface area (Å²) >= 11 is 0. The molecule has 1 aromatic heterocycles. The SMILES string of the molecule is Cc1nc(Nc2cccc(C(C)O)c2)c(C#N)cc1-c1ccccc1. The van der Waals surface area contributed by atoms with Crippen molar-refractivity contribution in [2.45, 2.75) is 20.0 Å². The Bertz CT molecular complexity index is 928. The third-order valence-corrected chi connectivity index (χ3v) is 4.05. The van der Waals surface area contributed by atoms with Crippen molar-refractivity contribution in [1.29, 1.82) is 5.26 Å². The lowest BCUT2D eigenvalue weighted by Crippen LogP contribution is -2.01. The van der Waals surface area contributed by atoms with Gasteiger partial charge >= 0.3 is 0 Å². The highest BCUT2D eigenvalue weighted by molar-refractivity contribution is 5.73. The van der Waals surface area contributed by atoms with Crippen molar-refractivity contribution in [1.82, 2.24) is 4.98 Å². The topological polar surface area (TPSA) is 68.9 Å². The molecule has 0 aliphatic carbocycles. The smallest absolute Gasteiger partial charge is 0.148 e. The van der Waals surface area contributed by atoms with E-state index in [-0.39, 0.29) is 0 Å². The Balaban J connectivity index is 1.99. The molecule has 124 valence electrons. The highest BCUT2D eigenvalue weighted by Crippen LogP contribution is 2.28. The van der Waals surface area contributed by atoms with Gasteiger partial charge in [0.05, 0.1) is 11.7 Å². The second kappa shape index (κ2) is 7.16. The van der Waals surface area contributed by atoms with Gasteiger partial charge < -0.3 is 10.4 Å². The molecule has 1 heterocycles. The van der Waals surface area contributed by atoms with Gasteiger partial charge in [-0.2, -0.15) is 5.26 Å². The fourth-order valence-electron chi connectivity index (χ4n) is 2.71. The van der Waals surface area contributed by atoms with Crippen LogP contribution in [0, 0.1) is 18.3 Å². The molecule has 1 unspecified atom stereocenters. The van der Waals surface area contributed by atoms with Gasteiger partial charge in [0.25, 0.3) is 0 Å². The normalized spacial score (nSPS) is 11.6. The van der Waals surface area contributed by atoms with Crippen LogP contribution in [0.15, 0.2) is 60.7 Å². The Kier molecular flexibility index (Phi) is 4.78. The quantitative estimate of drug-likeness (QED) is 0.726. The van der Waals surface area contributed by atoms with E-state index in [1.807, 2.05) is 67.6 Å². The van der Waals surface area contributed by atoms with E-state index >= 15 is 0 Å². The number of nitrogens with zero attached hydrogens (tertiary/aromatic N) is 2. The summed E-state index contributed by atoms with van der Waals surface area (Å²) in [6, 6.07) is 21.4. The number of aliphatic hydroxyl groups is 1. The van der Waals surface area contributed by atoms with Crippen LogP contribution in [0.4, 0.5) is 11.5 Å². The predicted octanol–water partition coefficient (Wildman–Crippen LogP) is 4.73. The molecule has 0 amide bonds. The molecule has 2 aromatic carbocycles. The van der Waals surface area contributed by atoms with Crippen molar-refractivity contribution in [2.75, 3.05) is 5.32 Å². The first kappa shape index (κ1) is 16.7. The van der Waals surface area contributed by atoms with Gasteiger partial charge in [0.2, 0.25) is 0 Å². The zero-order valence-corrected chi connectivity index (χ0v) is 14.2. The van der Waals surface area contributed by atoms with E-state index in [4.69, 9.17) is 0 Å². The first-order valence-electron chi connectivity index (χ1n) is 8.10. The molecule has 0 radical (unpaired) electrons. The molecule has 0 saturated carbocycles. The maximum absolute atomic E-state index is 9.73. The summed E-state index contributed by atoms with van der Waals surface area (Å²) in [4.78, 5) is 4.59. The van der Waals surface area contributed by atoms with E-state index < -0.39 is 6.10 Å². The zero-order valence-electron chi connectivity index (χ0n) is 14.2. The number of benzene rings is 2. The summed E-state index contributed by atoms with van der Waals surface area (Å²) in [5.41, 5.74) is 4.90. The molecule has 0 aliphatic rings. The average molecular weight is 329 g/mol. The maximum atomic E-state index is 9.73. The lowest BCUT2D eigenvalue weighted by molar-refractivity contribution is 0.199. The number of anilines is 2. The lowest BCUT2D eigenvalue weighted by atomic mass is 10.0. The third kappa shape index (κ3) is 3.68. The Morgan fingerprint density at radius 2 is 1.84 bits per heavy atom. The fraction of sp³-hybridized carbons (Fsp3) is 0.143. The molecule has 4 heteroatoms. The summed E-state index contributed by atoms with van der Waals surface area (Å²) in [6.45, 7) is 3.65. The molecule has 25 heavy (non-hydrogen) atoms. The van der Waals surface area contributed by atoms with Crippen molar-refractivity contribution in [3.8, 4) is 17.2 Å². The molecule has 3 aromatic rings. The first-order chi connectivity index (χ1) is 12.1. The number of aliphatic hydroxyl groups excluding tert-OH is 1. The first-order valence-corrected chi connectivity index (χ1v) is 8.10. The van der Waals surface area contributed by atoms with Crippen LogP contribution in [0.25, 0.3) is 11.1 Å². The van der Waals surface area contributed by atoms with Gasteiger partial charge in [-0.1, -0.05) is 42.5 Å². The van der Waals surface area contributed by atoms with E-state index in [0.29, 0.717) is 11.4 Å². The zero-order chi connectivity index (χ0) is 17.8. The van der Waals surface area contributed by atoms with Crippen molar-refractivity contribution in [2.24, 2.45) is 0 Å². The van der Waals surface area contributed by atoms with Crippen LogP contribution in [-0.4, -0.2) is 10.1 Å². The van der Waals surface area contributed by atoms with Gasteiger partial charge in [0.1, 0.15) is 11.9 Å². The summed E-state index contributed by atoms with van der Waals surface area (Å²) in [5, 5.41) is 22.5. The minimum absolute atomic E-state index is 0.479. The number of pyridine rings is 1. The summed E-state index contributed by atoms with van der Waals surface area (Å²) < 4.78 is 0. The monoisotopic (exact) mass is 329 g/mol. The van der Waals surface area contributed by atoms with Crippen LogP contribution in [-0.2, 0) is 0 Å². The van der Waals surface area contributed by atoms with Crippen molar-refractivity contribution >= 4 is 11.5 Å². The molecule has 0 fully saturated rings. The summed E-state index contributed by atoms with van der Waals surface area (Å²) in [6.07, 6.45) is -0.549. The van der Waals surface area contributed by atoms with Crippen LogP contribution in [0.2, 0.25) is 0 Å². The Labute approximate surface area is 147 Å². The Morgan fingerprint density at radius 1 is 1.08 bits per heavy atom. The molecule has 4 nitrogen and oxygen atoms in total. The van der Waals surface area contributed by atoms with Crippen LogP contribution in [0.1, 0.15) is 29.8 Å². The number of aryl methyl sites for hydroxylation is 1. The van der Waals surface area contributed by atoms with E-state index in [1.54, 1.807) is 6.92 Å². The molecule has 3 rings (SSSR count). The minimum Gasteiger partial charge on any atom is -0.389 e. The van der Waals surface area contributed by atoms with Gasteiger partial charge in [0, 0.05) is 16.9 Å². The second-order valence-corrected chi connectivity index (χ2v) is 5.92. The number of nitrogens with one attached hydrogen (secondary N) is 1. The van der Waals surface area contributed by atoms with Gasteiger partial charge in [-0.25, -0.2) is 4.98 Å². The van der Waals surface area contributed by atoms with Gasteiger partial charge in [-0.05, 0) is 43.2 Å². The molecule has 0 saturated heterocycles. The summed E-state index contributed by atoms with van der Waals surface area (Å²) in [7, 11) is 0. The molecular formula is C21H19N3O. The van der Waals surface area contributed by atoms with Crippen molar-refractivity contribution in [3.63, 3.8) is 0 Å². The van der Waals surface area contributed by atoms with Gasteiger partial charge in [-0.15, -0.1) is 0 Å². The molecule has 2 N–H and O–H groups in total. The molecule has 0 bridgehead atoms. The van der Waals surface area contributed by atoms with Gasteiger partial charge in [0.15, 0.2) is 0 Å². The highest BCUT2D eigenvalue weighted by Gasteiger charge is 2.11. The lowest BCUT2D eigenvalue weighted by Gasteiger charge is -2.13. The van der Waals surface area contributed by atoms with E-state index in [2.05, 4.69) is 16.4 Å². The minimum atomic E-state index is -0.549. The third-order valence-electron chi connectivity index (χ3n) is 4.05. The van der Waals surface area contributed by atoms with E-state index in [9.17, 15) is 10.4 Å². The van der Waals surface area contributed by atoms with Gasteiger partial charge in [-0.3, -0.25) is 0 Å². The largest absolute Gasteiger partial charge is 0.389 e. The van der Waals surface area contributed by atoms with Crippen LogP contribution < -0.4 is 5.32 Å². The number of hydrogen-bond donors (Lipinski definition) is 2. The fourth-order valence-corrected chi connectivity index (χ4v) is 2.71. The molecule has 0 aliphatic heterocycles. The Morgan fingerprint density at radius 3 is 2.52 bits per heavy atom. The standard InChI is InChI=1S/C21H19N3O/c1-14-20(16-7-4-3-5-8-16)12-18(13-22)21(23-14)24-19-10-6-9-17(11-19)15(2)25/h3-12,15,25H,1-2H3,(H,23,24). The molecular weight excluding hydrogens is 310 g/mol. The van der Waals surface area contributed by atoms with Crippen LogP contribution in [0.3, 0.4) is 0 Å². The second-order valence-electron chi connectivity index (χ2n) is 5.92. The van der Waals surface area contributed by atoms with E-state index in [0.717, 1.165) is 28.1 Å². The number of rotatable bonds is 4. The molecule has 1 atom stereocenters. The van der Waals surface area contributed by atoms with Crippen molar-refractivity contribution < 1.29 is 5.11 Å². The number of nitriles is 1. The Hall–Kier alpha value is -3.16. The number of aromatic nitrogens is 1. The van der Waals surface area contributed by atoms with Crippen molar-refractivity contribution in [3.05, 3.63) is 77.5 Å². The van der Waals surface area contributed by atoms with E-state index in [1.165, 1.54) is 0 Å².